The largest absolute Gasteiger partial charge is 3.00 e. The molecule has 0 bridgehead atoms. The van der Waals surface area contributed by atoms with Crippen molar-refractivity contribution in [3.63, 3.8) is 0 Å². The normalized spacial score (nSPS) is 11.5. The molecule has 21 heteroatoms. The van der Waals surface area contributed by atoms with Crippen molar-refractivity contribution in [2.45, 2.75) is 24.7 Å². The summed E-state index contributed by atoms with van der Waals surface area (Å²) in [7, 11) is 0. The summed E-state index contributed by atoms with van der Waals surface area (Å²) in [5.41, 5.74) is -1.45. The maximum Gasteiger partial charge on any atom is 3.00 e. The molecule has 0 aliphatic rings. The van der Waals surface area contributed by atoms with Gasteiger partial charge in [0.05, 0.1) is 16.1 Å². The zero-order chi connectivity index (χ0) is 43.6. The molecule has 0 aliphatic heterocycles. The molecule has 8 aromatic rings. The zero-order valence-corrected chi connectivity index (χ0v) is 35.6. The molecule has 0 saturated carbocycles. The predicted octanol–water partition coefficient (Wildman–Crippen LogP) is 14.7. The second-order valence-electron chi connectivity index (χ2n) is 11.4. The summed E-state index contributed by atoms with van der Waals surface area (Å²) < 4.78 is 149. The Bertz CT molecular complexity index is 2150. The molecule has 4 nitrogen and oxygen atoms in total. The predicted molar refractivity (Wildman–Crippen MR) is 207 cm³/mol. The smallest absolute Gasteiger partial charge is 0.319 e. The van der Waals surface area contributed by atoms with Crippen LogP contribution in [0.25, 0.3) is 42.3 Å². The molecule has 8 heterocycles. The molecule has 8 aromatic heterocycles. The van der Waals surface area contributed by atoms with Crippen molar-refractivity contribution in [3.05, 3.63) is 166 Å². The number of rotatable bonds is 4. The SMILES string of the molecule is FC(F)(F)c1ccnc(-c2[c-]ccs2)c1.FC(F)(F)c1ccnc(-c2[c-]ccs2)c1.FC(F)(F)c1ccnc(-c2[c-]ccs2)c1.FC(F)(F)c1ccnc(-c2cccs2)c1.[Ir+3]. The van der Waals surface area contributed by atoms with Crippen LogP contribution in [-0.4, -0.2) is 19.9 Å². The standard InChI is InChI=1S/C10H6F3NS.3C10H5F3NS.Ir/c4*11-10(12,13)7-3-4-14-8(6-7)9-2-1-5-15-9;/h1-6H;3*1,3-6H;/q;3*-1;+3. The monoisotopic (exact) mass is 1110 g/mol. The van der Waals surface area contributed by atoms with E-state index in [4.69, 9.17) is 0 Å². The summed E-state index contributed by atoms with van der Waals surface area (Å²) in [4.78, 5) is 18.1. The molecular weight excluding hydrogens is 1080 g/mol. The second-order valence-corrected chi connectivity index (χ2v) is 15.1. The van der Waals surface area contributed by atoms with Crippen LogP contribution < -0.4 is 0 Å². The number of thiophene rings is 4. The molecule has 0 aliphatic carbocycles. The molecular formula is C40H21F12IrN4S4. The Hall–Kier alpha value is -4.79. The molecule has 61 heavy (non-hydrogen) atoms. The van der Waals surface area contributed by atoms with E-state index in [9.17, 15) is 52.7 Å². The summed E-state index contributed by atoms with van der Waals surface area (Å²) in [6, 6.07) is 24.9. The zero-order valence-electron chi connectivity index (χ0n) is 29.9. The van der Waals surface area contributed by atoms with E-state index in [1.54, 1.807) is 51.9 Å². The van der Waals surface area contributed by atoms with Gasteiger partial charge >= 0.3 is 44.8 Å². The van der Waals surface area contributed by atoms with E-state index in [-0.39, 0.29) is 20.1 Å². The van der Waals surface area contributed by atoms with Crippen LogP contribution in [0.3, 0.4) is 0 Å². The van der Waals surface area contributed by atoms with Crippen LogP contribution in [-0.2, 0) is 44.8 Å². The molecule has 0 aromatic carbocycles. The van der Waals surface area contributed by atoms with Gasteiger partial charge in [0.25, 0.3) is 0 Å². The van der Waals surface area contributed by atoms with Gasteiger partial charge in [-0.1, -0.05) is 38.9 Å². The molecule has 0 amide bonds. The van der Waals surface area contributed by atoms with Crippen LogP contribution >= 0.6 is 45.3 Å². The fourth-order valence-corrected chi connectivity index (χ4v) is 7.11. The second kappa shape index (κ2) is 21.3. The van der Waals surface area contributed by atoms with Crippen molar-refractivity contribution in [2.75, 3.05) is 0 Å². The van der Waals surface area contributed by atoms with Crippen LogP contribution in [0.5, 0.6) is 0 Å². The number of halogens is 12. The summed E-state index contributed by atoms with van der Waals surface area (Å²) in [5.74, 6) is 0. The van der Waals surface area contributed by atoms with Crippen molar-refractivity contribution in [2.24, 2.45) is 0 Å². The van der Waals surface area contributed by atoms with Crippen LogP contribution in [0.2, 0.25) is 0 Å². The molecule has 0 fully saturated rings. The van der Waals surface area contributed by atoms with Crippen molar-refractivity contribution in [1.82, 2.24) is 19.9 Å². The average Bonchev–Trinajstić information content (AvgIpc) is 4.07. The minimum atomic E-state index is -4.32. The molecule has 0 atom stereocenters. The first-order valence-electron chi connectivity index (χ1n) is 16.3. The van der Waals surface area contributed by atoms with E-state index in [1.807, 2.05) is 0 Å². The van der Waals surface area contributed by atoms with Crippen LogP contribution in [0.1, 0.15) is 22.3 Å². The Balaban J connectivity index is 0.000000178. The summed E-state index contributed by atoms with van der Waals surface area (Å²) >= 11 is 5.30. The Morgan fingerprint density at radius 1 is 0.377 bits per heavy atom. The molecule has 0 saturated heterocycles. The minimum absolute atomic E-state index is 0. The number of hydrogen-bond acceptors (Lipinski definition) is 8. The van der Waals surface area contributed by atoms with E-state index in [0.717, 1.165) is 72.0 Å². The fraction of sp³-hybridized carbons (Fsp3) is 0.100. The number of pyridine rings is 4. The van der Waals surface area contributed by atoms with Gasteiger partial charge in [-0.2, -0.15) is 89.1 Å². The summed E-state index contributed by atoms with van der Waals surface area (Å²) in [6.07, 6.45) is -12.6. The number of nitrogens with zero attached hydrogens (tertiary/aromatic N) is 4. The Morgan fingerprint density at radius 3 is 0.918 bits per heavy atom. The van der Waals surface area contributed by atoms with Crippen LogP contribution in [0, 0.1) is 18.2 Å². The Kier molecular flexibility index (Phi) is 17.1. The van der Waals surface area contributed by atoms with Gasteiger partial charge in [-0.05, 0) is 58.9 Å². The van der Waals surface area contributed by atoms with E-state index in [2.05, 4.69) is 38.1 Å². The van der Waals surface area contributed by atoms with E-state index in [0.29, 0.717) is 37.4 Å². The minimum Gasteiger partial charge on any atom is -0.319 e. The van der Waals surface area contributed by atoms with Gasteiger partial charge in [-0.25, -0.2) is 34.0 Å². The van der Waals surface area contributed by atoms with E-state index < -0.39 is 47.0 Å². The first-order chi connectivity index (χ1) is 28.3. The quantitative estimate of drug-likeness (QED) is 0.130. The maximum absolute atomic E-state index is 12.4. The fourth-order valence-electron chi connectivity index (χ4n) is 4.50. The third kappa shape index (κ3) is 14.7. The van der Waals surface area contributed by atoms with Crippen LogP contribution in [0.4, 0.5) is 52.7 Å². The topological polar surface area (TPSA) is 51.6 Å². The van der Waals surface area contributed by atoms with Gasteiger partial charge in [0.1, 0.15) is 0 Å². The van der Waals surface area contributed by atoms with Gasteiger partial charge in [-0.15, -0.1) is 27.5 Å². The molecule has 0 spiro atoms. The molecule has 0 radical (unpaired) electrons. The summed E-state index contributed by atoms with van der Waals surface area (Å²) in [5, 5.41) is 7.04. The molecule has 0 unspecified atom stereocenters. The number of aromatic nitrogens is 4. The van der Waals surface area contributed by atoms with Gasteiger partial charge in [0.2, 0.25) is 0 Å². The third-order valence-electron chi connectivity index (χ3n) is 7.23. The molecule has 8 rings (SSSR count). The first-order valence-corrected chi connectivity index (χ1v) is 19.8. The molecule has 318 valence electrons. The van der Waals surface area contributed by atoms with Crippen molar-refractivity contribution < 1.29 is 72.8 Å². The van der Waals surface area contributed by atoms with E-state index >= 15 is 0 Å². The number of hydrogen-bond donors (Lipinski definition) is 0. The van der Waals surface area contributed by atoms with Crippen LogP contribution in [0.15, 0.2) is 125 Å². The third-order valence-corrected chi connectivity index (χ3v) is 10.6. The van der Waals surface area contributed by atoms with Crippen molar-refractivity contribution in [1.29, 1.82) is 0 Å². The molecule has 0 N–H and O–H groups in total. The number of alkyl halides is 12. The Labute approximate surface area is 368 Å². The first kappa shape index (κ1) is 48.9. The van der Waals surface area contributed by atoms with Gasteiger partial charge < -0.3 is 15.0 Å². The van der Waals surface area contributed by atoms with Crippen molar-refractivity contribution >= 4 is 45.3 Å². The van der Waals surface area contributed by atoms with Crippen molar-refractivity contribution in [3.8, 4) is 42.3 Å². The Morgan fingerprint density at radius 2 is 0.672 bits per heavy atom. The van der Waals surface area contributed by atoms with Gasteiger partial charge in [0.15, 0.2) is 0 Å². The van der Waals surface area contributed by atoms with Gasteiger partial charge in [-0.3, -0.25) is 4.98 Å². The summed E-state index contributed by atoms with van der Waals surface area (Å²) in [6.45, 7) is 0. The van der Waals surface area contributed by atoms with Gasteiger partial charge in [0, 0.05) is 41.5 Å². The maximum atomic E-state index is 12.4. The van der Waals surface area contributed by atoms with E-state index in [1.165, 1.54) is 51.5 Å². The average molecular weight is 1110 g/mol.